The SMILES string of the molecule is O=C([O-])c1onc2c1ccc1cccnc12.[Na+]. The first-order chi connectivity index (χ1) is 7.77. The second kappa shape index (κ2) is 4.44. The summed E-state index contributed by atoms with van der Waals surface area (Å²) >= 11 is 0. The second-order valence-corrected chi connectivity index (χ2v) is 3.34. The zero-order valence-electron chi connectivity index (χ0n) is 9.01. The molecule has 0 saturated heterocycles. The molecule has 0 fully saturated rings. The van der Waals surface area contributed by atoms with E-state index in [0.29, 0.717) is 16.4 Å². The number of benzene rings is 1. The Kier molecular flexibility index (Phi) is 3.15. The molecular weight excluding hydrogens is 231 g/mol. The molecule has 0 atom stereocenters. The van der Waals surface area contributed by atoms with Crippen LogP contribution in [0.15, 0.2) is 35.0 Å². The van der Waals surface area contributed by atoms with E-state index in [4.69, 9.17) is 4.52 Å². The Hall–Kier alpha value is -1.43. The van der Waals surface area contributed by atoms with Gasteiger partial charge < -0.3 is 14.4 Å². The van der Waals surface area contributed by atoms with Crippen molar-refractivity contribution in [2.24, 2.45) is 0 Å². The Morgan fingerprint density at radius 2 is 2.06 bits per heavy atom. The topological polar surface area (TPSA) is 79.0 Å². The normalized spacial score (nSPS) is 10.4. The van der Waals surface area contributed by atoms with E-state index in [1.165, 1.54) is 0 Å². The largest absolute Gasteiger partial charge is 1.00 e. The maximum atomic E-state index is 10.7. The van der Waals surface area contributed by atoms with Crippen molar-refractivity contribution < 1.29 is 44.0 Å². The van der Waals surface area contributed by atoms with E-state index in [9.17, 15) is 9.90 Å². The fraction of sp³-hybridized carbons (Fsp3) is 0. The van der Waals surface area contributed by atoms with Crippen molar-refractivity contribution in [2.45, 2.75) is 0 Å². The molecule has 3 aromatic rings. The van der Waals surface area contributed by atoms with Crippen molar-refractivity contribution in [3.8, 4) is 0 Å². The number of carbonyl (C=O) groups is 1. The van der Waals surface area contributed by atoms with E-state index in [1.54, 1.807) is 24.4 Å². The number of carboxylic acids is 1. The number of aromatic nitrogens is 2. The van der Waals surface area contributed by atoms with Gasteiger partial charge in [-0.3, -0.25) is 4.98 Å². The Morgan fingerprint density at radius 3 is 2.82 bits per heavy atom. The van der Waals surface area contributed by atoms with Gasteiger partial charge in [0.05, 0.1) is 10.9 Å². The van der Waals surface area contributed by atoms with Crippen molar-refractivity contribution in [1.82, 2.24) is 10.1 Å². The standard InChI is InChI=1S/C11H6N2O3.Na/c14-11(15)10-7-4-3-6-2-1-5-12-8(6)9(7)13-16-10;/h1-5H,(H,14,15);/q;+1/p-1. The maximum absolute atomic E-state index is 10.7. The van der Waals surface area contributed by atoms with Gasteiger partial charge in [-0.05, 0) is 12.1 Å². The summed E-state index contributed by atoms with van der Waals surface area (Å²) in [6.45, 7) is 0. The Balaban J connectivity index is 0.00000108. The minimum Gasteiger partial charge on any atom is -0.541 e. The van der Waals surface area contributed by atoms with Gasteiger partial charge in [0, 0.05) is 11.6 Å². The molecule has 0 spiro atoms. The molecule has 2 heterocycles. The van der Waals surface area contributed by atoms with Crippen LogP contribution in [0.4, 0.5) is 0 Å². The molecule has 0 aliphatic heterocycles. The van der Waals surface area contributed by atoms with Gasteiger partial charge in [0.25, 0.3) is 0 Å². The number of nitrogens with zero attached hydrogens (tertiary/aromatic N) is 2. The van der Waals surface area contributed by atoms with Crippen molar-refractivity contribution in [3.63, 3.8) is 0 Å². The predicted octanol–water partition coefficient (Wildman–Crippen LogP) is -2.26. The summed E-state index contributed by atoms with van der Waals surface area (Å²) in [6.07, 6.45) is 1.62. The molecule has 0 radical (unpaired) electrons. The van der Waals surface area contributed by atoms with Crippen LogP contribution in [0, 0.1) is 0 Å². The third-order valence-electron chi connectivity index (χ3n) is 2.41. The van der Waals surface area contributed by atoms with Crippen LogP contribution in [0.3, 0.4) is 0 Å². The second-order valence-electron chi connectivity index (χ2n) is 3.34. The minimum absolute atomic E-state index is 0. The van der Waals surface area contributed by atoms with Crippen LogP contribution in [-0.4, -0.2) is 16.1 Å². The Labute approximate surface area is 118 Å². The van der Waals surface area contributed by atoms with E-state index in [1.807, 2.05) is 6.07 Å². The molecule has 0 saturated carbocycles. The first kappa shape index (κ1) is 12.0. The van der Waals surface area contributed by atoms with Gasteiger partial charge in [-0.25, -0.2) is 0 Å². The average molecular weight is 236 g/mol. The average Bonchev–Trinajstić information content (AvgIpc) is 2.73. The molecule has 0 amide bonds. The fourth-order valence-corrected chi connectivity index (χ4v) is 1.69. The van der Waals surface area contributed by atoms with Crippen molar-refractivity contribution in [2.75, 3.05) is 0 Å². The first-order valence-electron chi connectivity index (χ1n) is 4.62. The van der Waals surface area contributed by atoms with Crippen LogP contribution >= 0.6 is 0 Å². The van der Waals surface area contributed by atoms with Crippen LogP contribution in [0.1, 0.15) is 10.6 Å². The molecule has 78 valence electrons. The molecule has 1 aromatic carbocycles. The van der Waals surface area contributed by atoms with Crippen molar-refractivity contribution >= 4 is 27.8 Å². The summed E-state index contributed by atoms with van der Waals surface area (Å²) in [4.78, 5) is 14.9. The number of pyridine rings is 1. The predicted molar refractivity (Wildman–Crippen MR) is 53.6 cm³/mol. The summed E-state index contributed by atoms with van der Waals surface area (Å²) in [5, 5.41) is 15.7. The van der Waals surface area contributed by atoms with E-state index < -0.39 is 5.97 Å². The van der Waals surface area contributed by atoms with Gasteiger partial charge in [-0.2, -0.15) is 0 Å². The van der Waals surface area contributed by atoms with Crippen molar-refractivity contribution in [1.29, 1.82) is 0 Å². The number of aromatic carboxylic acids is 1. The molecule has 0 aliphatic carbocycles. The zero-order valence-corrected chi connectivity index (χ0v) is 11.0. The summed E-state index contributed by atoms with van der Waals surface area (Å²) in [6, 6.07) is 7.08. The molecule has 0 N–H and O–H groups in total. The summed E-state index contributed by atoms with van der Waals surface area (Å²) in [5.41, 5.74) is 1.06. The molecule has 0 aliphatic rings. The van der Waals surface area contributed by atoms with Crippen LogP contribution in [0.5, 0.6) is 0 Å². The third kappa shape index (κ3) is 1.82. The third-order valence-corrected chi connectivity index (χ3v) is 2.41. The van der Waals surface area contributed by atoms with Crippen LogP contribution in [-0.2, 0) is 0 Å². The Bertz CT molecular complexity index is 708. The van der Waals surface area contributed by atoms with Gasteiger partial charge in [0.2, 0.25) is 0 Å². The van der Waals surface area contributed by atoms with Crippen LogP contribution in [0.2, 0.25) is 0 Å². The van der Waals surface area contributed by atoms with Gasteiger partial charge in [0.15, 0.2) is 5.76 Å². The number of carboxylic acid groups (broad SMARTS) is 1. The molecular formula is C11H5N2NaO3. The van der Waals surface area contributed by atoms with E-state index >= 15 is 0 Å². The number of carbonyl (C=O) groups excluding carboxylic acids is 1. The van der Waals surface area contributed by atoms with E-state index in [0.717, 1.165) is 5.39 Å². The molecule has 17 heavy (non-hydrogen) atoms. The first-order valence-corrected chi connectivity index (χ1v) is 4.62. The molecule has 0 bridgehead atoms. The van der Waals surface area contributed by atoms with Gasteiger partial charge in [-0.1, -0.05) is 17.3 Å². The molecule has 2 aromatic heterocycles. The molecule has 5 nitrogen and oxygen atoms in total. The van der Waals surface area contributed by atoms with Gasteiger partial charge in [0.1, 0.15) is 11.5 Å². The number of hydrogen-bond donors (Lipinski definition) is 0. The number of fused-ring (bicyclic) bond motifs is 3. The van der Waals surface area contributed by atoms with E-state index in [2.05, 4.69) is 10.1 Å². The van der Waals surface area contributed by atoms with Crippen LogP contribution in [0.25, 0.3) is 21.8 Å². The molecule has 3 rings (SSSR count). The monoisotopic (exact) mass is 236 g/mol. The van der Waals surface area contributed by atoms with Crippen molar-refractivity contribution in [3.05, 3.63) is 36.2 Å². The minimum atomic E-state index is -1.38. The summed E-state index contributed by atoms with van der Waals surface area (Å²) in [7, 11) is 0. The number of hydrogen-bond acceptors (Lipinski definition) is 5. The van der Waals surface area contributed by atoms with Gasteiger partial charge in [-0.15, -0.1) is 0 Å². The Morgan fingerprint density at radius 1 is 1.24 bits per heavy atom. The molecule has 0 unspecified atom stereocenters. The zero-order chi connectivity index (χ0) is 11.1. The van der Waals surface area contributed by atoms with Crippen LogP contribution < -0.4 is 34.7 Å². The fourth-order valence-electron chi connectivity index (χ4n) is 1.69. The summed E-state index contributed by atoms with van der Waals surface area (Å²) in [5.74, 6) is -1.64. The smallest absolute Gasteiger partial charge is 0.541 e. The van der Waals surface area contributed by atoms with E-state index in [-0.39, 0.29) is 35.3 Å². The maximum Gasteiger partial charge on any atom is 1.00 e. The summed E-state index contributed by atoms with van der Waals surface area (Å²) < 4.78 is 4.73. The number of rotatable bonds is 1. The van der Waals surface area contributed by atoms with Gasteiger partial charge >= 0.3 is 29.6 Å². The molecule has 6 heteroatoms. The quantitative estimate of drug-likeness (QED) is 0.446.